The molecule has 4 aromatic rings. The van der Waals surface area contributed by atoms with Crippen molar-refractivity contribution in [2.75, 3.05) is 0 Å². The van der Waals surface area contributed by atoms with Crippen LogP contribution in [-0.4, -0.2) is 20.7 Å². The van der Waals surface area contributed by atoms with Crippen molar-refractivity contribution in [1.82, 2.24) is 14.0 Å². The molecule has 2 heterocycles. The molecule has 0 N–H and O–H groups in total. The quantitative estimate of drug-likeness (QED) is 0.340. The molecule has 2 aromatic carbocycles. The number of hydrogen-bond acceptors (Lipinski definition) is 2. The van der Waals surface area contributed by atoms with Gasteiger partial charge < -0.3 is 0 Å². The zero-order valence-corrected chi connectivity index (χ0v) is 15.3. The van der Waals surface area contributed by atoms with Crippen LogP contribution < -0.4 is 0 Å². The predicted molar refractivity (Wildman–Crippen MR) is 108 cm³/mol. The number of halogens is 1. The van der Waals surface area contributed by atoms with Gasteiger partial charge in [-0.25, -0.2) is 4.98 Å². The third-order valence-corrected chi connectivity index (χ3v) is 4.72. The number of para-hydroxylation sites is 2. The summed E-state index contributed by atoms with van der Waals surface area (Å²) in [5.41, 5.74) is 5.35. The molecule has 0 unspecified atom stereocenters. The Morgan fingerprint density at radius 1 is 1.12 bits per heavy atom. The fourth-order valence-corrected chi connectivity index (χ4v) is 3.58. The van der Waals surface area contributed by atoms with Crippen LogP contribution in [0.2, 0.25) is 0 Å². The van der Waals surface area contributed by atoms with Gasteiger partial charge in [-0.3, -0.25) is 14.0 Å². The van der Waals surface area contributed by atoms with E-state index in [0.717, 1.165) is 33.9 Å². The van der Waals surface area contributed by atoms with E-state index < -0.39 is 0 Å². The van der Waals surface area contributed by atoms with E-state index in [4.69, 9.17) is 4.98 Å². The Morgan fingerprint density at radius 3 is 2.67 bits per heavy atom. The first-order chi connectivity index (χ1) is 11.7. The fourth-order valence-electron chi connectivity index (χ4n) is 3.05. The molecular formula is C19H15IN4. The smallest absolute Gasteiger partial charge is 0.220 e. The van der Waals surface area contributed by atoms with E-state index in [-0.39, 0.29) is 0 Å². The lowest BCUT2D eigenvalue weighted by Gasteiger charge is -2.05. The highest BCUT2D eigenvalue weighted by Crippen LogP contribution is 2.28. The van der Waals surface area contributed by atoms with Crippen LogP contribution in [0.15, 0.2) is 59.7 Å². The number of rotatable bonds is 3. The third-order valence-electron chi connectivity index (χ3n) is 4.05. The maximum Gasteiger partial charge on any atom is 0.220 e. The van der Waals surface area contributed by atoms with E-state index in [1.54, 1.807) is 6.20 Å². The van der Waals surface area contributed by atoms with Gasteiger partial charge in [-0.2, -0.15) is 0 Å². The number of fused-ring (bicyclic) bond motifs is 3. The van der Waals surface area contributed by atoms with Crippen molar-refractivity contribution in [2.24, 2.45) is 4.99 Å². The molecule has 0 aliphatic rings. The van der Waals surface area contributed by atoms with Crippen LogP contribution in [-0.2, 0) is 0 Å². The summed E-state index contributed by atoms with van der Waals surface area (Å²) in [4.78, 5) is 8.66. The average Bonchev–Trinajstić information content (AvgIpc) is 3.06. The Kier molecular flexibility index (Phi) is 3.72. The van der Waals surface area contributed by atoms with Crippen molar-refractivity contribution in [1.29, 1.82) is 0 Å². The van der Waals surface area contributed by atoms with Crippen LogP contribution >= 0.6 is 22.6 Å². The van der Waals surface area contributed by atoms with Gasteiger partial charge in [-0.15, -0.1) is 0 Å². The van der Waals surface area contributed by atoms with E-state index in [1.165, 1.54) is 3.57 Å². The maximum atomic E-state index is 4.82. The topological polar surface area (TPSA) is 34.6 Å². The van der Waals surface area contributed by atoms with Gasteiger partial charge in [0.25, 0.3) is 0 Å². The third kappa shape index (κ3) is 2.27. The highest BCUT2D eigenvalue weighted by atomic mass is 127. The summed E-state index contributed by atoms with van der Waals surface area (Å²) in [5.74, 6) is 0.902. The maximum absolute atomic E-state index is 4.82. The highest BCUT2D eigenvalue weighted by Gasteiger charge is 2.17. The van der Waals surface area contributed by atoms with E-state index in [2.05, 4.69) is 91.8 Å². The molecule has 0 radical (unpaired) electrons. The average molecular weight is 426 g/mol. The van der Waals surface area contributed by atoms with Gasteiger partial charge in [0.1, 0.15) is 0 Å². The van der Waals surface area contributed by atoms with E-state index >= 15 is 0 Å². The summed E-state index contributed by atoms with van der Waals surface area (Å²) in [6, 6.07) is 16.8. The Morgan fingerprint density at radius 2 is 1.92 bits per heavy atom. The molecule has 0 saturated carbocycles. The summed E-state index contributed by atoms with van der Waals surface area (Å²) in [5, 5.41) is 0. The van der Waals surface area contributed by atoms with E-state index in [9.17, 15) is 0 Å². The molecule has 0 saturated heterocycles. The lowest BCUT2D eigenvalue weighted by molar-refractivity contribution is 1.09. The Bertz CT molecular complexity index is 1100. The molecule has 0 amide bonds. The normalized spacial score (nSPS) is 11.8. The summed E-state index contributed by atoms with van der Waals surface area (Å²) < 4.78 is 5.57. The molecule has 0 spiro atoms. The predicted octanol–water partition coefficient (Wildman–Crippen LogP) is 4.86. The molecule has 24 heavy (non-hydrogen) atoms. The Labute approximate surface area is 153 Å². The van der Waals surface area contributed by atoms with E-state index in [0.29, 0.717) is 0 Å². The second-order valence-electron chi connectivity index (χ2n) is 5.52. The van der Waals surface area contributed by atoms with Crippen molar-refractivity contribution in [2.45, 2.75) is 6.92 Å². The minimum absolute atomic E-state index is 0.902. The summed E-state index contributed by atoms with van der Waals surface area (Å²) in [6.45, 7) is 5.54. The second-order valence-corrected chi connectivity index (χ2v) is 6.77. The number of hydrogen-bond donors (Lipinski definition) is 0. The standard InChI is InChI=1S/C19H15IN4/c1-13-16(10-11-21-2)24-18-9-4-3-8-17(18)23(19(24)22-13)15-7-5-6-14(20)12-15/h3-12H,2H2,1H3/b11-10-. The molecule has 0 bridgehead atoms. The van der Waals surface area contributed by atoms with Gasteiger partial charge in [-0.05, 0) is 72.6 Å². The number of aromatic nitrogens is 3. The zero-order valence-electron chi connectivity index (χ0n) is 13.1. The van der Waals surface area contributed by atoms with Crippen LogP contribution in [0.5, 0.6) is 0 Å². The summed E-state index contributed by atoms with van der Waals surface area (Å²) in [7, 11) is 0. The molecule has 2 aromatic heterocycles. The van der Waals surface area contributed by atoms with Crippen molar-refractivity contribution < 1.29 is 0 Å². The molecule has 118 valence electrons. The van der Waals surface area contributed by atoms with Gasteiger partial charge >= 0.3 is 0 Å². The number of benzene rings is 2. The lowest BCUT2D eigenvalue weighted by atomic mass is 10.2. The molecule has 0 aliphatic heterocycles. The van der Waals surface area contributed by atoms with Gasteiger partial charge in [0.2, 0.25) is 5.78 Å². The highest BCUT2D eigenvalue weighted by molar-refractivity contribution is 14.1. The first-order valence-electron chi connectivity index (χ1n) is 7.57. The number of nitrogens with zero attached hydrogens (tertiary/aromatic N) is 4. The summed E-state index contributed by atoms with van der Waals surface area (Å²) in [6.07, 6.45) is 3.65. The van der Waals surface area contributed by atoms with E-state index in [1.807, 2.05) is 13.0 Å². The Hall–Kier alpha value is -2.41. The number of imidazole rings is 2. The van der Waals surface area contributed by atoms with Crippen LogP contribution in [0.4, 0.5) is 0 Å². The molecule has 0 atom stereocenters. The van der Waals surface area contributed by atoms with Crippen LogP contribution in [0.1, 0.15) is 11.4 Å². The molecule has 5 heteroatoms. The number of aryl methyl sites for hydroxylation is 1. The van der Waals surface area contributed by atoms with Crippen molar-refractivity contribution in [3.63, 3.8) is 0 Å². The van der Waals surface area contributed by atoms with Gasteiger partial charge in [-0.1, -0.05) is 18.2 Å². The molecule has 0 fully saturated rings. The van der Waals surface area contributed by atoms with Crippen LogP contribution in [0.25, 0.3) is 28.6 Å². The van der Waals surface area contributed by atoms with Gasteiger partial charge in [0.15, 0.2) is 0 Å². The van der Waals surface area contributed by atoms with Gasteiger partial charge in [0, 0.05) is 9.77 Å². The largest absolute Gasteiger partial charge is 0.278 e. The minimum Gasteiger partial charge on any atom is -0.278 e. The zero-order chi connectivity index (χ0) is 16.7. The first kappa shape index (κ1) is 15.1. The van der Waals surface area contributed by atoms with Gasteiger partial charge in [0.05, 0.1) is 28.1 Å². The summed E-state index contributed by atoms with van der Waals surface area (Å²) >= 11 is 2.34. The van der Waals surface area contributed by atoms with Crippen molar-refractivity contribution in [3.05, 3.63) is 69.7 Å². The number of aliphatic imine (C=N–C) groups is 1. The molecule has 0 aliphatic carbocycles. The van der Waals surface area contributed by atoms with Crippen LogP contribution in [0, 0.1) is 10.5 Å². The molecule has 4 rings (SSSR count). The van der Waals surface area contributed by atoms with Crippen molar-refractivity contribution >= 4 is 52.2 Å². The first-order valence-corrected chi connectivity index (χ1v) is 8.65. The minimum atomic E-state index is 0.902. The lowest BCUT2D eigenvalue weighted by Crippen LogP contribution is -1.95. The SMILES string of the molecule is C=N/C=C\c1c(C)nc2n(-c3cccc(I)c3)c3ccccc3n12. The Balaban J connectivity index is 2.16. The fraction of sp³-hybridized carbons (Fsp3) is 0.0526. The second kappa shape index (κ2) is 5.90. The van der Waals surface area contributed by atoms with Crippen molar-refractivity contribution in [3.8, 4) is 5.69 Å². The monoisotopic (exact) mass is 426 g/mol. The molecular weight excluding hydrogens is 411 g/mol. The molecule has 4 nitrogen and oxygen atoms in total. The van der Waals surface area contributed by atoms with Crippen LogP contribution in [0.3, 0.4) is 0 Å².